The van der Waals surface area contributed by atoms with Crippen molar-refractivity contribution >= 4 is 69.2 Å². The molecule has 4 rings (SSSR count). The highest BCUT2D eigenvalue weighted by atomic mass is 35.5. The lowest BCUT2D eigenvalue weighted by Gasteiger charge is -2.22. The molecule has 0 fully saturated rings. The van der Waals surface area contributed by atoms with Gasteiger partial charge >= 0.3 is 0 Å². The van der Waals surface area contributed by atoms with Crippen LogP contribution in [0.4, 0.5) is 17.1 Å². The van der Waals surface area contributed by atoms with E-state index in [0.29, 0.717) is 32.6 Å². The van der Waals surface area contributed by atoms with Gasteiger partial charge in [0.1, 0.15) is 0 Å². The maximum Gasteiger partial charge on any atom is 0.272 e. The van der Waals surface area contributed by atoms with Gasteiger partial charge in [-0.15, -0.1) is 0 Å². The number of halogens is 2. The molecule has 1 unspecified atom stereocenters. The van der Waals surface area contributed by atoms with Gasteiger partial charge in [-0.1, -0.05) is 41.4 Å². The Morgan fingerprint density at radius 2 is 1.82 bits per heavy atom. The lowest BCUT2D eigenvalue weighted by Crippen LogP contribution is -2.47. The van der Waals surface area contributed by atoms with E-state index in [4.69, 9.17) is 40.4 Å². The molecule has 3 aromatic carbocycles. The first-order chi connectivity index (χ1) is 16.3. The molecule has 0 saturated heterocycles. The van der Waals surface area contributed by atoms with Crippen molar-refractivity contribution in [2.75, 3.05) is 29.6 Å². The van der Waals surface area contributed by atoms with Gasteiger partial charge in [0.25, 0.3) is 5.91 Å². The Morgan fingerprint density at radius 3 is 2.53 bits per heavy atom. The van der Waals surface area contributed by atoms with Crippen molar-refractivity contribution in [1.82, 2.24) is 5.32 Å². The molecule has 0 spiro atoms. The molecule has 3 N–H and O–H groups in total. The summed E-state index contributed by atoms with van der Waals surface area (Å²) >= 11 is 18.4. The Kier molecular flexibility index (Phi) is 7.07. The second-order valence-corrected chi connectivity index (χ2v) is 9.05. The van der Waals surface area contributed by atoms with Gasteiger partial charge in [0.2, 0.25) is 6.17 Å². The van der Waals surface area contributed by atoms with Crippen molar-refractivity contribution < 1.29 is 4.79 Å². The number of nitrogens with zero attached hydrogens (tertiary/aromatic N) is 2. The molecule has 1 amide bonds. The number of benzodiazepines with no additional fused rings is 1. The van der Waals surface area contributed by atoms with E-state index >= 15 is 0 Å². The van der Waals surface area contributed by atoms with Gasteiger partial charge in [0.05, 0.1) is 11.4 Å². The number of hydrogen-bond donors (Lipinski definition) is 3. The fourth-order valence-corrected chi connectivity index (χ4v) is 4.37. The van der Waals surface area contributed by atoms with Crippen molar-refractivity contribution in [3.8, 4) is 0 Å². The Balaban J connectivity index is 1.72. The molecule has 0 aromatic heterocycles. The molecule has 0 saturated carbocycles. The number of carbonyl (C=O) groups excluding carboxylic acids is 1. The van der Waals surface area contributed by atoms with Crippen LogP contribution in [0.2, 0.25) is 10.0 Å². The average Bonchev–Trinajstić information content (AvgIpc) is 2.91. The van der Waals surface area contributed by atoms with Crippen LogP contribution in [0, 0.1) is 6.92 Å². The minimum Gasteiger partial charge on any atom is -0.388 e. The number of fused-ring (bicyclic) bond motifs is 1. The third kappa shape index (κ3) is 4.87. The van der Waals surface area contributed by atoms with Crippen LogP contribution in [0.1, 0.15) is 16.7 Å². The predicted octanol–water partition coefficient (Wildman–Crippen LogP) is 5.47. The number of aryl methyl sites for hydroxylation is 1. The van der Waals surface area contributed by atoms with E-state index in [2.05, 4.69) is 16.0 Å². The second kappa shape index (κ2) is 10.0. The van der Waals surface area contributed by atoms with Gasteiger partial charge in [-0.05, 0) is 67.2 Å². The minimum absolute atomic E-state index is 0.267. The largest absolute Gasteiger partial charge is 0.388 e. The van der Waals surface area contributed by atoms with E-state index in [1.165, 1.54) is 0 Å². The van der Waals surface area contributed by atoms with Crippen LogP contribution >= 0.6 is 35.4 Å². The van der Waals surface area contributed by atoms with Crippen LogP contribution in [-0.4, -0.2) is 37.0 Å². The molecular weight excluding hydrogens is 489 g/mol. The van der Waals surface area contributed by atoms with Crippen molar-refractivity contribution in [3.63, 3.8) is 0 Å². The number of carbonyl (C=O) groups is 1. The van der Waals surface area contributed by atoms with Gasteiger partial charge in [0, 0.05) is 46.6 Å². The van der Waals surface area contributed by atoms with Crippen LogP contribution in [0.5, 0.6) is 0 Å². The Labute approximate surface area is 214 Å². The molecule has 3 aromatic rings. The first kappa shape index (κ1) is 24.0. The molecule has 1 aliphatic heterocycles. The van der Waals surface area contributed by atoms with E-state index in [9.17, 15) is 4.79 Å². The van der Waals surface area contributed by atoms with Gasteiger partial charge < -0.3 is 20.9 Å². The fourth-order valence-electron chi connectivity index (χ4n) is 3.75. The SMILES string of the molecule is CNc1ccc(NC(=S)NC2N=C(c3ccccc3Cl)c3cc(Cl)ccc3N(C)C2=O)c(C)c1. The molecule has 1 heterocycles. The minimum atomic E-state index is -0.973. The number of hydrogen-bond acceptors (Lipinski definition) is 4. The highest BCUT2D eigenvalue weighted by molar-refractivity contribution is 7.80. The van der Waals surface area contributed by atoms with Crippen LogP contribution in [-0.2, 0) is 4.79 Å². The summed E-state index contributed by atoms with van der Waals surface area (Å²) in [5.74, 6) is -0.267. The Bertz CT molecular complexity index is 1310. The summed E-state index contributed by atoms with van der Waals surface area (Å²) in [5.41, 5.74) is 5.45. The summed E-state index contributed by atoms with van der Waals surface area (Å²) in [6.45, 7) is 1.98. The zero-order valence-corrected chi connectivity index (χ0v) is 21.1. The summed E-state index contributed by atoms with van der Waals surface area (Å²) in [6.07, 6.45) is -0.973. The molecule has 0 aliphatic carbocycles. The average molecular weight is 512 g/mol. The monoisotopic (exact) mass is 511 g/mol. The molecular formula is C25H23Cl2N5OS. The molecule has 9 heteroatoms. The lowest BCUT2D eigenvalue weighted by atomic mass is 10.00. The normalized spacial score (nSPS) is 15.2. The number of amides is 1. The van der Waals surface area contributed by atoms with E-state index in [1.54, 1.807) is 36.2 Å². The summed E-state index contributed by atoms with van der Waals surface area (Å²) in [5, 5.41) is 10.7. The number of thiocarbonyl (C=S) groups is 1. The number of rotatable bonds is 4. The number of benzene rings is 3. The zero-order chi connectivity index (χ0) is 24.4. The number of nitrogens with one attached hydrogen (secondary N) is 3. The fraction of sp³-hybridized carbons (Fsp3) is 0.160. The van der Waals surface area contributed by atoms with Gasteiger partial charge in [0.15, 0.2) is 5.11 Å². The molecule has 1 atom stereocenters. The highest BCUT2D eigenvalue weighted by Crippen LogP contribution is 2.32. The van der Waals surface area contributed by atoms with E-state index in [0.717, 1.165) is 16.9 Å². The van der Waals surface area contributed by atoms with E-state index in [-0.39, 0.29) is 11.0 Å². The summed E-state index contributed by atoms with van der Waals surface area (Å²) in [6, 6.07) is 18.6. The first-order valence-corrected chi connectivity index (χ1v) is 11.7. The number of likely N-dealkylation sites (N-methyl/N-ethyl adjacent to an activating group) is 1. The van der Waals surface area contributed by atoms with Crippen LogP contribution in [0.25, 0.3) is 0 Å². The van der Waals surface area contributed by atoms with Gasteiger partial charge in [-0.2, -0.15) is 0 Å². The topological polar surface area (TPSA) is 68.8 Å². The summed E-state index contributed by atoms with van der Waals surface area (Å²) in [7, 11) is 3.56. The van der Waals surface area contributed by atoms with Crippen LogP contribution in [0.15, 0.2) is 65.7 Å². The number of aliphatic imine (C=N–C) groups is 1. The summed E-state index contributed by atoms with van der Waals surface area (Å²) in [4.78, 5) is 19.7. The van der Waals surface area contributed by atoms with E-state index in [1.807, 2.05) is 50.4 Å². The molecule has 6 nitrogen and oxygen atoms in total. The van der Waals surface area contributed by atoms with Crippen molar-refractivity contribution in [2.45, 2.75) is 13.1 Å². The smallest absolute Gasteiger partial charge is 0.272 e. The molecule has 0 radical (unpaired) electrons. The third-order valence-electron chi connectivity index (χ3n) is 5.56. The molecule has 34 heavy (non-hydrogen) atoms. The molecule has 1 aliphatic rings. The molecule has 0 bridgehead atoms. The van der Waals surface area contributed by atoms with Crippen LogP contribution < -0.4 is 20.9 Å². The highest BCUT2D eigenvalue weighted by Gasteiger charge is 2.31. The third-order valence-corrected chi connectivity index (χ3v) is 6.34. The first-order valence-electron chi connectivity index (χ1n) is 10.5. The van der Waals surface area contributed by atoms with Gasteiger partial charge in [-0.3, -0.25) is 4.79 Å². The van der Waals surface area contributed by atoms with Crippen molar-refractivity contribution in [1.29, 1.82) is 0 Å². The quantitative estimate of drug-likeness (QED) is 0.405. The maximum atomic E-state index is 13.4. The Morgan fingerprint density at radius 1 is 1.06 bits per heavy atom. The van der Waals surface area contributed by atoms with Crippen molar-refractivity contribution in [3.05, 3.63) is 87.4 Å². The zero-order valence-electron chi connectivity index (χ0n) is 18.8. The predicted molar refractivity (Wildman–Crippen MR) is 146 cm³/mol. The summed E-state index contributed by atoms with van der Waals surface area (Å²) < 4.78 is 0. The van der Waals surface area contributed by atoms with E-state index < -0.39 is 6.17 Å². The lowest BCUT2D eigenvalue weighted by molar-refractivity contribution is -0.119. The molecule has 174 valence electrons. The standard InChI is InChI=1S/C25H23Cl2N5OS/c1-14-12-16(28-2)9-10-20(14)29-25(34)31-23-24(33)32(3)21-11-8-15(26)13-18(21)22(30-23)17-6-4-5-7-19(17)27/h4-13,23,28H,1-3H3,(H2,29,31,34). The maximum absolute atomic E-state index is 13.4. The van der Waals surface area contributed by atoms with Gasteiger partial charge in [-0.25, -0.2) is 4.99 Å². The second-order valence-electron chi connectivity index (χ2n) is 7.80. The number of anilines is 3. The van der Waals surface area contributed by atoms with Crippen LogP contribution in [0.3, 0.4) is 0 Å². The Hall–Kier alpha value is -3.13. The van der Waals surface area contributed by atoms with Crippen molar-refractivity contribution in [2.24, 2.45) is 4.99 Å².